The molecule has 2 aromatic carbocycles. The number of carbonyl (C=O) groups excluding carboxylic acids is 1. The maximum absolute atomic E-state index is 14.3. The topological polar surface area (TPSA) is 39.2 Å². The van der Waals surface area contributed by atoms with E-state index in [-0.39, 0.29) is 10.6 Å². The second kappa shape index (κ2) is 6.26. The fourth-order valence-corrected chi connectivity index (χ4v) is 3.08. The minimum atomic E-state index is -0.475. The third-order valence-corrected chi connectivity index (χ3v) is 4.41. The van der Waals surface area contributed by atoms with Gasteiger partial charge in [-0.25, -0.2) is 9.18 Å². The zero-order chi connectivity index (χ0) is 16.6. The van der Waals surface area contributed by atoms with Crippen LogP contribution >= 0.6 is 27.5 Å². The predicted molar refractivity (Wildman–Crippen MR) is 91.2 cm³/mol. The first-order valence-electron chi connectivity index (χ1n) is 6.64. The lowest BCUT2D eigenvalue weighted by Crippen LogP contribution is -2.01. The smallest absolute Gasteiger partial charge is 0.337 e. The number of fused-ring (bicyclic) bond motifs is 1. The molecule has 6 heteroatoms. The maximum atomic E-state index is 14.3. The molecule has 0 atom stereocenters. The summed E-state index contributed by atoms with van der Waals surface area (Å²) in [4.78, 5) is 16.1. The molecule has 0 aliphatic heterocycles. The van der Waals surface area contributed by atoms with E-state index >= 15 is 0 Å². The molecule has 0 radical (unpaired) electrons. The van der Waals surface area contributed by atoms with Crippen molar-refractivity contribution in [1.29, 1.82) is 0 Å². The van der Waals surface area contributed by atoms with Crippen LogP contribution in [0.5, 0.6) is 0 Å². The Hall–Kier alpha value is -1.98. The summed E-state index contributed by atoms with van der Waals surface area (Å²) in [7, 11) is 1.31. The fourth-order valence-electron chi connectivity index (χ4n) is 2.38. The number of halogens is 3. The minimum absolute atomic E-state index is 0.202. The molecular weight excluding hydrogens is 385 g/mol. The van der Waals surface area contributed by atoms with E-state index in [1.54, 1.807) is 30.5 Å². The third-order valence-electron chi connectivity index (χ3n) is 3.46. The van der Waals surface area contributed by atoms with Gasteiger partial charge in [0.2, 0.25) is 0 Å². The van der Waals surface area contributed by atoms with E-state index in [2.05, 4.69) is 20.9 Å². The summed E-state index contributed by atoms with van der Waals surface area (Å²) in [6.45, 7) is 0. The highest BCUT2D eigenvalue weighted by Gasteiger charge is 2.17. The average molecular weight is 395 g/mol. The van der Waals surface area contributed by atoms with Crippen LogP contribution in [0, 0.1) is 5.82 Å². The van der Waals surface area contributed by atoms with Crippen molar-refractivity contribution in [2.75, 3.05) is 7.11 Å². The van der Waals surface area contributed by atoms with Crippen LogP contribution in [0.2, 0.25) is 5.02 Å². The van der Waals surface area contributed by atoms with Crippen LogP contribution in [-0.2, 0) is 4.74 Å². The van der Waals surface area contributed by atoms with Crippen molar-refractivity contribution in [1.82, 2.24) is 4.98 Å². The number of ether oxygens (including phenoxy) is 1. The lowest BCUT2D eigenvalue weighted by molar-refractivity contribution is 0.0601. The summed E-state index contributed by atoms with van der Waals surface area (Å²) in [5.41, 5.74) is 0.930. The van der Waals surface area contributed by atoms with Gasteiger partial charge < -0.3 is 4.74 Å². The van der Waals surface area contributed by atoms with Crippen molar-refractivity contribution in [3.63, 3.8) is 0 Å². The molecule has 3 rings (SSSR count). The SMILES string of the molecule is COC(=O)c1ccc2c(Br)cnc(-c3c(F)cccc3Cl)c2c1. The molecule has 0 amide bonds. The molecule has 3 aromatic rings. The van der Waals surface area contributed by atoms with Crippen LogP contribution in [-0.4, -0.2) is 18.1 Å². The number of esters is 1. The molecule has 0 fully saturated rings. The van der Waals surface area contributed by atoms with Gasteiger partial charge in [-0.2, -0.15) is 0 Å². The summed E-state index contributed by atoms with van der Waals surface area (Å²) in [6.07, 6.45) is 1.58. The first-order chi connectivity index (χ1) is 11.0. The Morgan fingerprint density at radius 1 is 1.26 bits per heavy atom. The van der Waals surface area contributed by atoms with Crippen molar-refractivity contribution >= 4 is 44.3 Å². The normalized spacial score (nSPS) is 10.8. The molecule has 3 nitrogen and oxygen atoms in total. The van der Waals surface area contributed by atoms with Gasteiger partial charge in [0, 0.05) is 16.1 Å². The number of pyridine rings is 1. The largest absolute Gasteiger partial charge is 0.465 e. The highest BCUT2D eigenvalue weighted by molar-refractivity contribution is 9.10. The molecule has 1 aromatic heterocycles. The number of hydrogen-bond acceptors (Lipinski definition) is 3. The van der Waals surface area contributed by atoms with Crippen LogP contribution < -0.4 is 0 Å². The molecule has 0 saturated heterocycles. The number of aromatic nitrogens is 1. The van der Waals surface area contributed by atoms with Crippen molar-refractivity contribution in [3.05, 3.63) is 63.5 Å². The van der Waals surface area contributed by atoms with Gasteiger partial charge in [0.15, 0.2) is 0 Å². The number of carbonyl (C=O) groups is 1. The Morgan fingerprint density at radius 3 is 2.74 bits per heavy atom. The molecule has 1 heterocycles. The molecule has 0 spiro atoms. The first kappa shape index (κ1) is 15.9. The molecule has 0 aliphatic rings. The minimum Gasteiger partial charge on any atom is -0.465 e. The summed E-state index contributed by atoms with van der Waals surface area (Å²) in [6, 6.07) is 9.47. The lowest BCUT2D eigenvalue weighted by atomic mass is 10.0. The monoisotopic (exact) mass is 393 g/mol. The van der Waals surface area contributed by atoms with Crippen molar-refractivity contribution in [2.45, 2.75) is 0 Å². The third kappa shape index (κ3) is 2.82. The quantitative estimate of drug-likeness (QED) is 0.558. The molecular formula is C17H10BrClFNO2. The highest BCUT2D eigenvalue weighted by Crippen LogP contribution is 2.36. The average Bonchev–Trinajstić information content (AvgIpc) is 2.55. The first-order valence-corrected chi connectivity index (χ1v) is 7.81. The number of rotatable bonds is 2. The predicted octanol–water partition coefficient (Wildman–Crippen LogP) is 5.24. The summed E-state index contributed by atoms with van der Waals surface area (Å²) in [5, 5.41) is 1.65. The number of methoxy groups -OCH3 is 1. The van der Waals surface area contributed by atoms with Crippen LogP contribution in [0.1, 0.15) is 10.4 Å². The van der Waals surface area contributed by atoms with Gasteiger partial charge in [0.1, 0.15) is 5.82 Å². The molecule has 0 aliphatic carbocycles. The van der Waals surface area contributed by atoms with Crippen LogP contribution in [0.4, 0.5) is 4.39 Å². The number of hydrogen-bond donors (Lipinski definition) is 0. The Kier molecular flexibility index (Phi) is 4.33. The van der Waals surface area contributed by atoms with Crippen LogP contribution in [0.3, 0.4) is 0 Å². The van der Waals surface area contributed by atoms with Gasteiger partial charge in [-0.05, 0) is 45.6 Å². The second-order valence-electron chi connectivity index (χ2n) is 4.80. The maximum Gasteiger partial charge on any atom is 0.337 e. The summed E-state index contributed by atoms with van der Waals surface area (Å²) >= 11 is 9.56. The van der Waals surface area contributed by atoms with Gasteiger partial charge in [0.25, 0.3) is 0 Å². The lowest BCUT2D eigenvalue weighted by Gasteiger charge is -2.11. The standard InChI is InChI=1S/C17H10BrClFNO2/c1-23-17(22)9-5-6-10-11(7-9)16(21-8-12(10)18)15-13(19)3-2-4-14(15)20/h2-8H,1H3. The number of benzene rings is 2. The van der Waals surface area contributed by atoms with E-state index in [0.29, 0.717) is 16.6 Å². The number of nitrogens with zero attached hydrogens (tertiary/aromatic N) is 1. The highest BCUT2D eigenvalue weighted by atomic mass is 79.9. The van der Waals surface area contributed by atoms with Gasteiger partial charge in [-0.15, -0.1) is 0 Å². The second-order valence-corrected chi connectivity index (χ2v) is 6.06. The van der Waals surface area contributed by atoms with Crippen molar-refractivity contribution < 1.29 is 13.9 Å². The Bertz CT molecular complexity index is 910. The molecule has 116 valence electrons. The molecule has 0 bridgehead atoms. The van der Waals surface area contributed by atoms with Gasteiger partial charge in [-0.3, -0.25) is 4.98 Å². The molecule has 0 saturated carbocycles. The van der Waals surface area contributed by atoms with E-state index in [4.69, 9.17) is 16.3 Å². The summed E-state index contributed by atoms with van der Waals surface area (Å²) in [5.74, 6) is -0.949. The fraction of sp³-hybridized carbons (Fsp3) is 0.0588. The zero-order valence-corrected chi connectivity index (χ0v) is 14.3. The molecule has 0 N–H and O–H groups in total. The van der Waals surface area contributed by atoms with Gasteiger partial charge in [0.05, 0.1) is 29.0 Å². The van der Waals surface area contributed by atoms with E-state index in [0.717, 1.165) is 9.86 Å². The van der Waals surface area contributed by atoms with Gasteiger partial charge >= 0.3 is 5.97 Å². The Balaban J connectivity index is 2.37. The molecule has 23 heavy (non-hydrogen) atoms. The van der Waals surface area contributed by atoms with Crippen LogP contribution in [0.15, 0.2) is 47.1 Å². The van der Waals surface area contributed by atoms with E-state index < -0.39 is 11.8 Å². The Labute approximate surface area is 145 Å². The van der Waals surface area contributed by atoms with Crippen molar-refractivity contribution in [3.8, 4) is 11.3 Å². The van der Waals surface area contributed by atoms with E-state index in [1.807, 2.05) is 0 Å². The van der Waals surface area contributed by atoms with Crippen LogP contribution in [0.25, 0.3) is 22.0 Å². The molecule has 0 unspecified atom stereocenters. The van der Waals surface area contributed by atoms with E-state index in [1.165, 1.54) is 19.2 Å². The van der Waals surface area contributed by atoms with E-state index in [9.17, 15) is 9.18 Å². The summed E-state index contributed by atoms with van der Waals surface area (Å²) < 4.78 is 19.7. The zero-order valence-electron chi connectivity index (χ0n) is 11.9. The van der Waals surface area contributed by atoms with Gasteiger partial charge in [-0.1, -0.05) is 23.7 Å². The van der Waals surface area contributed by atoms with Crippen molar-refractivity contribution in [2.24, 2.45) is 0 Å². The Morgan fingerprint density at radius 2 is 2.04 bits per heavy atom.